The van der Waals surface area contributed by atoms with Crippen LogP contribution in [0.25, 0.3) is 0 Å². The molecule has 1 aliphatic rings. The van der Waals surface area contributed by atoms with Gasteiger partial charge in [-0.2, -0.15) is 0 Å². The van der Waals surface area contributed by atoms with Crippen LogP contribution in [-0.4, -0.2) is 0 Å². The molecule has 0 bridgehead atoms. The van der Waals surface area contributed by atoms with Crippen LogP contribution in [0.4, 0.5) is 10.1 Å². The molecule has 82 valence electrons. The first kappa shape index (κ1) is 10.5. The Bertz CT molecular complexity index is 340. The standard InChI is InChI=1S/C13H18FN/c1-9-5-7-10(8-6-9)11-3-2-4-12(14)13(11)15/h2-4,9-10H,5-8,15H2,1H3. The molecule has 1 aromatic rings. The summed E-state index contributed by atoms with van der Waals surface area (Å²) in [4.78, 5) is 0. The van der Waals surface area contributed by atoms with Crippen molar-refractivity contribution in [2.75, 3.05) is 5.73 Å². The maximum Gasteiger partial charge on any atom is 0.146 e. The maximum absolute atomic E-state index is 13.3. The SMILES string of the molecule is CC1CCC(c2cccc(F)c2N)CC1. The fraction of sp³-hybridized carbons (Fsp3) is 0.538. The molecule has 1 saturated carbocycles. The molecule has 1 aliphatic carbocycles. The van der Waals surface area contributed by atoms with Crippen LogP contribution >= 0.6 is 0 Å². The Hall–Kier alpha value is -1.05. The van der Waals surface area contributed by atoms with E-state index in [1.54, 1.807) is 6.07 Å². The van der Waals surface area contributed by atoms with E-state index >= 15 is 0 Å². The number of nitrogen functional groups attached to an aromatic ring is 1. The Morgan fingerprint density at radius 1 is 1.20 bits per heavy atom. The van der Waals surface area contributed by atoms with E-state index in [0.717, 1.165) is 24.3 Å². The number of para-hydroxylation sites is 1. The lowest BCUT2D eigenvalue weighted by atomic mass is 9.79. The van der Waals surface area contributed by atoms with Crippen LogP contribution in [0, 0.1) is 11.7 Å². The summed E-state index contributed by atoms with van der Waals surface area (Å²) in [6.07, 6.45) is 4.77. The first-order chi connectivity index (χ1) is 7.18. The van der Waals surface area contributed by atoms with Crippen molar-refractivity contribution in [1.29, 1.82) is 0 Å². The lowest BCUT2D eigenvalue weighted by Gasteiger charge is -2.27. The number of hydrogen-bond donors (Lipinski definition) is 1. The lowest BCUT2D eigenvalue weighted by molar-refractivity contribution is 0.348. The Balaban J connectivity index is 2.19. The molecule has 0 radical (unpaired) electrons. The molecule has 1 fully saturated rings. The van der Waals surface area contributed by atoms with Gasteiger partial charge < -0.3 is 5.73 Å². The van der Waals surface area contributed by atoms with Gasteiger partial charge >= 0.3 is 0 Å². The van der Waals surface area contributed by atoms with E-state index in [9.17, 15) is 4.39 Å². The van der Waals surface area contributed by atoms with Crippen LogP contribution in [0.15, 0.2) is 18.2 Å². The number of benzene rings is 1. The summed E-state index contributed by atoms with van der Waals surface area (Å²) < 4.78 is 13.3. The zero-order chi connectivity index (χ0) is 10.8. The van der Waals surface area contributed by atoms with Crippen molar-refractivity contribution in [2.24, 2.45) is 5.92 Å². The summed E-state index contributed by atoms with van der Waals surface area (Å²) in [5.74, 6) is 1.01. The molecular weight excluding hydrogens is 189 g/mol. The van der Waals surface area contributed by atoms with Crippen molar-refractivity contribution < 1.29 is 4.39 Å². The highest BCUT2D eigenvalue weighted by Crippen LogP contribution is 2.38. The molecule has 0 aromatic heterocycles. The van der Waals surface area contributed by atoms with Gasteiger partial charge in [0.05, 0.1) is 5.69 Å². The van der Waals surface area contributed by atoms with Crippen molar-refractivity contribution in [3.05, 3.63) is 29.6 Å². The van der Waals surface area contributed by atoms with E-state index in [1.807, 2.05) is 6.07 Å². The lowest BCUT2D eigenvalue weighted by Crippen LogP contribution is -2.12. The van der Waals surface area contributed by atoms with Gasteiger partial charge in [-0.05, 0) is 36.3 Å². The molecule has 2 heteroatoms. The highest BCUT2D eigenvalue weighted by atomic mass is 19.1. The Morgan fingerprint density at radius 3 is 2.53 bits per heavy atom. The summed E-state index contributed by atoms with van der Waals surface area (Å²) in [5, 5.41) is 0. The largest absolute Gasteiger partial charge is 0.396 e. The average molecular weight is 207 g/mol. The van der Waals surface area contributed by atoms with E-state index in [4.69, 9.17) is 5.73 Å². The third-order valence-corrected chi connectivity index (χ3v) is 3.54. The number of anilines is 1. The second-order valence-electron chi connectivity index (χ2n) is 4.70. The molecule has 0 amide bonds. The molecule has 0 aliphatic heterocycles. The van der Waals surface area contributed by atoms with Gasteiger partial charge in [-0.25, -0.2) is 4.39 Å². The van der Waals surface area contributed by atoms with Crippen molar-refractivity contribution in [2.45, 2.75) is 38.5 Å². The minimum Gasteiger partial charge on any atom is -0.396 e. The van der Waals surface area contributed by atoms with E-state index in [1.165, 1.54) is 18.9 Å². The van der Waals surface area contributed by atoms with E-state index < -0.39 is 0 Å². The highest BCUT2D eigenvalue weighted by Gasteiger charge is 2.21. The number of halogens is 1. The first-order valence-corrected chi connectivity index (χ1v) is 5.72. The van der Waals surface area contributed by atoms with Crippen molar-refractivity contribution in [1.82, 2.24) is 0 Å². The fourth-order valence-corrected chi connectivity index (χ4v) is 2.48. The summed E-state index contributed by atoms with van der Waals surface area (Å²) in [6.45, 7) is 2.28. The van der Waals surface area contributed by atoms with Gasteiger partial charge in [-0.15, -0.1) is 0 Å². The average Bonchev–Trinajstić information content (AvgIpc) is 2.24. The Morgan fingerprint density at radius 2 is 1.87 bits per heavy atom. The molecule has 0 heterocycles. The van der Waals surface area contributed by atoms with Gasteiger partial charge in [0.15, 0.2) is 0 Å². The van der Waals surface area contributed by atoms with Gasteiger partial charge in [0, 0.05) is 0 Å². The van der Waals surface area contributed by atoms with Crippen LogP contribution in [-0.2, 0) is 0 Å². The van der Waals surface area contributed by atoms with Gasteiger partial charge in [0.25, 0.3) is 0 Å². The molecule has 2 rings (SSSR count). The Kier molecular flexibility index (Phi) is 2.94. The topological polar surface area (TPSA) is 26.0 Å². The zero-order valence-corrected chi connectivity index (χ0v) is 9.17. The fourth-order valence-electron chi connectivity index (χ4n) is 2.48. The third kappa shape index (κ3) is 2.14. The van der Waals surface area contributed by atoms with Crippen LogP contribution in [0.3, 0.4) is 0 Å². The Labute approximate surface area is 90.5 Å². The minimum atomic E-state index is -0.272. The van der Waals surface area contributed by atoms with Gasteiger partial charge in [-0.3, -0.25) is 0 Å². The number of nitrogens with two attached hydrogens (primary N) is 1. The molecule has 1 nitrogen and oxygen atoms in total. The van der Waals surface area contributed by atoms with E-state index in [-0.39, 0.29) is 5.82 Å². The van der Waals surface area contributed by atoms with Crippen molar-refractivity contribution >= 4 is 5.69 Å². The molecule has 0 unspecified atom stereocenters. The maximum atomic E-state index is 13.3. The van der Waals surface area contributed by atoms with E-state index in [2.05, 4.69) is 6.92 Å². The predicted octanol–water partition coefficient (Wildman–Crippen LogP) is 3.70. The second kappa shape index (κ2) is 4.21. The molecule has 1 aromatic carbocycles. The number of rotatable bonds is 1. The number of hydrogen-bond acceptors (Lipinski definition) is 1. The van der Waals surface area contributed by atoms with E-state index in [0.29, 0.717) is 11.6 Å². The molecule has 0 spiro atoms. The first-order valence-electron chi connectivity index (χ1n) is 5.72. The monoisotopic (exact) mass is 207 g/mol. The minimum absolute atomic E-state index is 0.272. The summed E-state index contributed by atoms with van der Waals surface area (Å²) in [7, 11) is 0. The van der Waals surface area contributed by atoms with Crippen LogP contribution in [0.5, 0.6) is 0 Å². The summed E-state index contributed by atoms with van der Waals surface area (Å²) >= 11 is 0. The second-order valence-corrected chi connectivity index (χ2v) is 4.70. The summed E-state index contributed by atoms with van der Waals surface area (Å²) in [6, 6.07) is 5.17. The van der Waals surface area contributed by atoms with Gasteiger partial charge in [0.1, 0.15) is 5.82 Å². The van der Waals surface area contributed by atoms with Gasteiger partial charge in [-0.1, -0.05) is 31.9 Å². The van der Waals surface area contributed by atoms with Crippen molar-refractivity contribution in [3.8, 4) is 0 Å². The highest BCUT2D eigenvalue weighted by molar-refractivity contribution is 5.49. The normalized spacial score (nSPS) is 26.5. The summed E-state index contributed by atoms with van der Waals surface area (Å²) in [5.41, 5.74) is 7.15. The van der Waals surface area contributed by atoms with Crippen LogP contribution in [0.1, 0.15) is 44.1 Å². The predicted molar refractivity (Wildman–Crippen MR) is 61.2 cm³/mol. The third-order valence-electron chi connectivity index (χ3n) is 3.54. The quantitative estimate of drug-likeness (QED) is 0.698. The molecule has 0 saturated heterocycles. The van der Waals surface area contributed by atoms with Gasteiger partial charge in [0.2, 0.25) is 0 Å². The molecule has 0 atom stereocenters. The molecule has 15 heavy (non-hydrogen) atoms. The van der Waals surface area contributed by atoms with Crippen LogP contribution in [0.2, 0.25) is 0 Å². The van der Waals surface area contributed by atoms with Crippen molar-refractivity contribution in [3.63, 3.8) is 0 Å². The molecule has 2 N–H and O–H groups in total. The zero-order valence-electron chi connectivity index (χ0n) is 9.17. The smallest absolute Gasteiger partial charge is 0.146 e. The molecular formula is C13H18FN. The van der Waals surface area contributed by atoms with Crippen LogP contribution < -0.4 is 5.73 Å².